The van der Waals surface area contributed by atoms with Gasteiger partial charge in [0.25, 0.3) is 0 Å². The van der Waals surface area contributed by atoms with Crippen molar-refractivity contribution in [1.29, 1.82) is 0 Å². The predicted octanol–water partition coefficient (Wildman–Crippen LogP) is 1.39. The van der Waals surface area contributed by atoms with Gasteiger partial charge >= 0.3 is 0 Å². The van der Waals surface area contributed by atoms with Gasteiger partial charge < -0.3 is 10.4 Å². The van der Waals surface area contributed by atoms with Crippen LogP contribution >= 0.6 is 0 Å². The molecule has 1 saturated carbocycles. The normalized spacial score (nSPS) is 28.5. The lowest BCUT2D eigenvalue weighted by atomic mass is 10.0. The highest BCUT2D eigenvalue weighted by molar-refractivity contribution is 5.17. The van der Waals surface area contributed by atoms with Gasteiger partial charge in [-0.15, -0.1) is 0 Å². The van der Waals surface area contributed by atoms with E-state index in [1.54, 1.807) is 0 Å². The monoisotopic (exact) mass is 171 g/mol. The second-order valence-corrected chi connectivity index (χ2v) is 5.13. The first-order valence-electron chi connectivity index (χ1n) is 4.71. The van der Waals surface area contributed by atoms with Crippen LogP contribution in [0.3, 0.4) is 0 Å². The Morgan fingerprint density at radius 1 is 1.25 bits per heavy atom. The molecule has 2 nitrogen and oxygen atoms in total. The zero-order valence-corrected chi connectivity index (χ0v) is 8.81. The van der Waals surface area contributed by atoms with E-state index in [9.17, 15) is 0 Å². The molecule has 0 aromatic rings. The van der Waals surface area contributed by atoms with Crippen molar-refractivity contribution in [2.75, 3.05) is 6.54 Å². The lowest BCUT2D eigenvalue weighted by Crippen LogP contribution is -2.29. The molecule has 0 radical (unpaired) electrons. The Hall–Kier alpha value is -0.0800. The quantitative estimate of drug-likeness (QED) is 0.672. The van der Waals surface area contributed by atoms with Crippen LogP contribution in [0.15, 0.2) is 0 Å². The molecule has 0 aromatic heterocycles. The summed E-state index contributed by atoms with van der Waals surface area (Å²) >= 11 is 0. The maximum Gasteiger partial charge on any atom is 0.0636 e. The van der Waals surface area contributed by atoms with E-state index in [0.29, 0.717) is 23.4 Å². The van der Waals surface area contributed by atoms with Crippen molar-refractivity contribution < 1.29 is 5.11 Å². The Bertz CT molecular complexity index is 159. The maximum atomic E-state index is 9.11. The minimum absolute atomic E-state index is 0.239. The van der Waals surface area contributed by atoms with Crippen molar-refractivity contribution in [3.8, 4) is 0 Å². The lowest BCUT2D eigenvalue weighted by Gasteiger charge is -2.07. The molecule has 2 heteroatoms. The van der Waals surface area contributed by atoms with Crippen LogP contribution in [0, 0.1) is 10.8 Å². The van der Waals surface area contributed by atoms with E-state index in [4.69, 9.17) is 5.11 Å². The average Bonchev–Trinajstić information content (AvgIpc) is 2.21. The first-order chi connectivity index (χ1) is 5.30. The molecule has 1 aliphatic carbocycles. The summed E-state index contributed by atoms with van der Waals surface area (Å²) in [5.41, 5.74) is 0.754. The van der Waals surface area contributed by atoms with Crippen LogP contribution in [0.25, 0.3) is 0 Å². The molecule has 0 aliphatic heterocycles. The summed E-state index contributed by atoms with van der Waals surface area (Å²) in [5, 5.41) is 12.5. The number of hydrogen-bond acceptors (Lipinski definition) is 2. The number of hydrogen-bond donors (Lipinski definition) is 2. The van der Waals surface area contributed by atoms with Crippen molar-refractivity contribution in [3.63, 3.8) is 0 Å². The second-order valence-electron chi connectivity index (χ2n) is 5.13. The molecule has 1 unspecified atom stereocenters. The molecule has 0 amide bonds. The minimum Gasteiger partial charge on any atom is -0.392 e. The molecular weight excluding hydrogens is 150 g/mol. The van der Waals surface area contributed by atoms with Gasteiger partial charge in [0.1, 0.15) is 0 Å². The first kappa shape index (κ1) is 10.0. The topological polar surface area (TPSA) is 32.3 Å². The molecule has 1 atom stereocenters. The summed E-state index contributed by atoms with van der Waals surface area (Å²) in [6.07, 6.45) is -0.239. The van der Waals surface area contributed by atoms with Crippen molar-refractivity contribution in [2.24, 2.45) is 10.8 Å². The molecule has 0 heterocycles. The van der Waals surface area contributed by atoms with Gasteiger partial charge in [-0.1, -0.05) is 27.7 Å². The van der Waals surface area contributed by atoms with E-state index in [-0.39, 0.29) is 6.10 Å². The fourth-order valence-corrected chi connectivity index (χ4v) is 2.00. The number of aliphatic hydroxyl groups is 1. The summed E-state index contributed by atoms with van der Waals surface area (Å²) in [4.78, 5) is 0. The summed E-state index contributed by atoms with van der Waals surface area (Å²) in [7, 11) is 0. The third kappa shape index (κ3) is 1.38. The Morgan fingerprint density at radius 2 is 1.67 bits per heavy atom. The highest BCUT2D eigenvalue weighted by Crippen LogP contribution is 2.62. The van der Waals surface area contributed by atoms with E-state index >= 15 is 0 Å². The van der Waals surface area contributed by atoms with Gasteiger partial charge in [0.2, 0.25) is 0 Å². The summed E-state index contributed by atoms with van der Waals surface area (Å²) < 4.78 is 0. The van der Waals surface area contributed by atoms with Crippen molar-refractivity contribution in [3.05, 3.63) is 0 Å². The second kappa shape index (κ2) is 2.71. The molecular formula is C10H21NO. The SMILES string of the molecule is CC(O)CNC1C(C)(C)C1(C)C. The Kier molecular flexibility index (Phi) is 2.26. The van der Waals surface area contributed by atoms with Crippen molar-refractivity contribution >= 4 is 0 Å². The van der Waals surface area contributed by atoms with Gasteiger partial charge in [-0.3, -0.25) is 0 Å². The third-order valence-corrected chi connectivity index (χ3v) is 3.64. The zero-order valence-electron chi connectivity index (χ0n) is 8.81. The van der Waals surface area contributed by atoms with Crippen molar-refractivity contribution in [1.82, 2.24) is 5.32 Å². The van der Waals surface area contributed by atoms with Crippen LogP contribution in [0.1, 0.15) is 34.6 Å². The van der Waals surface area contributed by atoms with Gasteiger partial charge in [0.15, 0.2) is 0 Å². The van der Waals surface area contributed by atoms with E-state index in [0.717, 1.165) is 0 Å². The Morgan fingerprint density at radius 3 is 1.92 bits per heavy atom. The number of aliphatic hydroxyl groups excluding tert-OH is 1. The fourth-order valence-electron chi connectivity index (χ4n) is 2.00. The van der Waals surface area contributed by atoms with Gasteiger partial charge in [-0.2, -0.15) is 0 Å². The molecule has 2 N–H and O–H groups in total. The van der Waals surface area contributed by atoms with Crippen LogP contribution < -0.4 is 5.32 Å². The van der Waals surface area contributed by atoms with Gasteiger partial charge in [0.05, 0.1) is 6.10 Å². The maximum absolute atomic E-state index is 9.11. The lowest BCUT2D eigenvalue weighted by molar-refractivity contribution is 0.188. The average molecular weight is 171 g/mol. The molecule has 0 aromatic carbocycles. The van der Waals surface area contributed by atoms with E-state index in [1.807, 2.05) is 6.92 Å². The van der Waals surface area contributed by atoms with Crippen LogP contribution in [0.2, 0.25) is 0 Å². The summed E-state index contributed by atoms with van der Waals surface area (Å²) in [5.74, 6) is 0. The summed E-state index contributed by atoms with van der Waals surface area (Å²) in [6, 6.07) is 0.555. The molecule has 0 spiro atoms. The molecule has 0 saturated heterocycles. The molecule has 72 valence electrons. The highest BCUT2D eigenvalue weighted by Gasteiger charge is 2.64. The first-order valence-corrected chi connectivity index (χ1v) is 4.71. The van der Waals surface area contributed by atoms with Crippen LogP contribution in [0.4, 0.5) is 0 Å². The van der Waals surface area contributed by atoms with Gasteiger partial charge in [-0.05, 0) is 17.8 Å². The molecule has 1 fully saturated rings. The smallest absolute Gasteiger partial charge is 0.0636 e. The molecule has 1 rings (SSSR count). The van der Waals surface area contributed by atoms with Crippen LogP contribution in [0.5, 0.6) is 0 Å². The largest absolute Gasteiger partial charge is 0.392 e. The van der Waals surface area contributed by atoms with Crippen LogP contribution in [-0.2, 0) is 0 Å². The number of rotatable bonds is 3. The third-order valence-electron chi connectivity index (χ3n) is 3.64. The molecule has 12 heavy (non-hydrogen) atoms. The van der Waals surface area contributed by atoms with Crippen molar-refractivity contribution in [2.45, 2.75) is 46.8 Å². The minimum atomic E-state index is -0.239. The van der Waals surface area contributed by atoms with Gasteiger partial charge in [-0.25, -0.2) is 0 Å². The zero-order chi connectivity index (χ0) is 9.57. The van der Waals surface area contributed by atoms with E-state index in [1.165, 1.54) is 0 Å². The highest BCUT2D eigenvalue weighted by atomic mass is 16.3. The predicted molar refractivity (Wildman–Crippen MR) is 51.0 cm³/mol. The molecule has 1 aliphatic rings. The molecule has 0 bridgehead atoms. The van der Waals surface area contributed by atoms with Crippen LogP contribution in [-0.4, -0.2) is 23.8 Å². The Labute approximate surface area is 75.4 Å². The van der Waals surface area contributed by atoms with E-state index < -0.39 is 0 Å². The number of nitrogens with one attached hydrogen (secondary N) is 1. The Balaban J connectivity index is 2.39. The summed E-state index contributed by atoms with van der Waals surface area (Å²) in [6.45, 7) is 11.6. The van der Waals surface area contributed by atoms with Gasteiger partial charge in [0, 0.05) is 12.6 Å². The standard InChI is InChI=1S/C10H21NO/c1-7(12)6-11-8-9(2,3)10(8,4)5/h7-8,11-12H,6H2,1-5H3. The fraction of sp³-hybridized carbons (Fsp3) is 1.00. The van der Waals surface area contributed by atoms with E-state index in [2.05, 4.69) is 33.0 Å².